The molecule has 1 aromatic heterocycles. The van der Waals surface area contributed by atoms with Gasteiger partial charge in [0.05, 0.1) is 25.0 Å². The summed E-state index contributed by atoms with van der Waals surface area (Å²) in [6, 6.07) is 18.1. The second-order valence-corrected chi connectivity index (χ2v) is 6.96. The molecule has 5 nitrogen and oxygen atoms in total. The first-order valence-electron chi connectivity index (χ1n) is 9.47. The van der Waals surface area contributed by atoms with E-state index in [9.17, 15) is 0 Å². The highest BCUT2D eigenvalue weighted by Gasteiger charge is 2.22. The first-order chi connectivity index (χ1) is 13.7. The highest BCUT2D eigenvalue weighted by Crippen LogP contribution is 2.28. The van der Waals surface area contributed by atoms with Gasteiger partial charge in [0, 0.05) is 13.1 Å². The third kappa shape index (κ3) is 3.60. The van der Waals surface area contributed by atoms with Gasteiger partial charge in [-0.05, 0) is 42.3 Å². The molecule has 28 heavy (non-hydrogen) atoms. The van der Waals surface area contributed by atoms with E-state index in [1.807, 2.05) is 47.1 Å². The van der Waals surface area contributed by atoms with Crippen LogP contribution in [0.4, 0.5) is 0 Å². The number of aromatic nitrogens is 2. The number of hydrogen-bond acceptors (Lipinski definition) is 4. The predicted octanol–water partition coefficient (Wildman–Crippen LogP) is 4.27. The molecule has 0 saturated carbocycles. The summed E-state index contributed by atoms with van der Waals surface area (Å²) < 4.78 is 13.3. The summed E-state index contributed by atoms with van der Waals surface area (Å²) in [7, 11) is 1.71. The summed E-state index contributed by atoms with van der Waals surface area (Å²) in [5.74, 6) is 1.77. The lowest BCUT2D eigenvalue weighted by Gasteiger charge is -2.32. The fourth-order valence-electron chi connectivity index (χ4n) is 3.56. The fourth-order valence-corrected chi connectivity index (χ4v) is 3.56. The number of para-hydroxylation sites is 1. The molecule has 0 atom stereocenters. The van der Waals surface area contributed by atoms with Crippen molar-refractivity contribution in [3.05, 3.63) is 83.7 Å². The average molecular weight is 375 g/mol. The summed E-state index contributed by atoms with van der Waals surface area (Å²) in [5.41, 5.74) is 5.39. The van der Waals surface area contributed by atoms with Crippen LogP contribution in [0, 0.1) is 6.92 Å². The van der Waals surface area contributed by atoms with E-state index in [0.29, 0.717) is 6.61 Å². The highest BCUT2D eigenvalue weighted by molar-refractivity contribution is 5.60. The minimum atomic E-state index is 0.451. The van der Waals surface area contributed by atoms with E-state index < -0.39 is 0 Å². The van der Waals surface area contributed by atoms with Crippen LogP contribution >= 0.6 is 0 Å². The molecule has 0 amide bonds. The molecule has 0 N–H and O–H groups in total. The molecule has 4 rings (SSSR count). The van der Waals surface area contributed by atoms with E-state index in [1.54, 1.807) is 7.11 Å². The predicted molar refractivity (Wildman–Crippen MR) is 110 cm³/mol. The van der Waals surface area contributed by atoms with Crippen molar-refractivity contribution < 1.29 is 9.47 Å². The molecule has 2 heterocycles. The lowest BCUT2D eigenvalue weighted by atomic mass is 10.1. The number of rotatable bonds is 6. The Bertz CT molecular complexity index is 979. The molecule has 0 unspecified atom stereocenters. The lowest BCUT2D eigenvalue weighted by Crippen LogP contribution is -2.32. The molecule has 0 bridgehead atoms. The van der Waals surface area contributed by atoms with Crippen LogP contribution in [0.15, 0.2) is 61.2 Å². The molecular weight excluding hydrogens is 350 g/mol. The summed E-state index contributed by atoms with van der Waals surface area (Å²) in [6.07, 6.45) is 0. The quantitative estimate of drug-likeness (QED) is 0.645. The molecular formula is C23H25N3O2. The molecule has 0 aliphatic carbocycles. The molecule has 1 aliphatic rings. The van der Waals surface area contributed by atoms with Crippen molar-refractivity contribution in [2.75, 3.05) is 13.7 Å². The van der Waals surface area contributed by atoms with Crippen LogP contribution in [-0.4, -0.2) is 28.3 Å². The van der Waals surface area contributed by atoms with Crippen LogP contribution in [0.3, 0.4) is 0 Å². The zero-order valence-electron chi connectivity index (χ0n) is 16.4. The van der Waals surface area contributed by atoms with Crippen LogP contribution in [0.5, 0.6) is 11.5 Å². The van der Waals surface area contributed by atoms with Crippen molar-refractivity contribution in [2.45, 2.75) is 26.6 Å². The fraction of sp³-hybridized carbons (Fsp3) is 0.261. The van der Waals surface area contributed by atoms with Crippen LogP contribution < -0.4 is 9.47 Å². The van der Waals surface area contributed by atoms with E-state index >= 15 is 0 Å². The number of nitrogens with zero attached hydrogens (tertiary/aromatic N) is 3. The molecule has 5 heteroatoms. The van der Waals surface area contributed by atoms with Crippen molar-refractivity contribution in [2.24, 2.45) is 0 Å². The zero-order valence-corrected chi connectivity index (χ0v) is 16.4. The molecule has 1 aliphatic heterocycles. The van der Waals surface area contributed by atoms with Crippen LogP contribution in [0.25, 0.3) is 5.70 Å². The topological polar surface area (TPSA) is 39.5 Å². The first-order valence-corrected chi connectivity index (χ1v) is 9.47. The maximum Gasteiger partial charge on any atom is 0.132 e. The summed E-state index contributed by atoms with van der Waals surface area (Å²) in [5, 5.41) is 4.69. The van der Waals surface area contributed by atoms with Crippen molar-refractivity contribution in [1.82, 2.24) is 14.7 Å². The molecule has 0 spiro atoms. The second-order valence-electron chi connectivity index (χ2n) is 6.96. The molecule has 0 radical (unpaired) electrons. The van der Waals surface area contributed by atoms with Gasteiger partial charge in [0.15, 0.2) is 0 Å². The Morgan fingerprint density at radius 2 is 1.89 bits per heavy atom. The third-order valence-corrected chi connectivity index (χ3v) is 5.20. The lowest BCUT2D eigenvalue weighted by molar-refractivity contribution is 0.296. The SMILES string of the molecule is C=C1c2cc(COc3ccccc3)nn2CCN1Cc1cccc(OC)c1C. The van der Waals surface area contributed by atoms with Crippen molar-refractivity contribution in [3.8, 4) is 11.5 Å². The van der Waals surface area contributed by atoms with E-state index in [0.717, 1.165) is 48.2 Å². The Balaban J connectivity index is 1.47. The molecule has 2 aromatic carbocycles. The van der Waals surface area contributed by atoms with Crippen molar-refractivity contribution in [1.29, 1.82) is 0 Å². The third-order valence-electron chi connectivity index (χ3n) is 5.20. The molecule has 3 aromatic rings. The van der Waals surface area contributed by atoms with Gasteiger partial charge in [-0.2, -0.15) is 5.10 Å². The number of fused-ring (bicyclic) bond motifs is 1. The number of hydrogen-bond donors (Lipinski definition) is 0. The minimum absolute atomic E-state index is 0.451. The normalized spacial score (nSPS) is 13.4. The second kappa shape index (κ2) is 7.80. The van der Waals surface area contributed by atoms with E-state index in [-0.39, 0.29) is 0 Å². The number of ether oxygens (including phenoxy) is 2. The van der Waals surface area contributed by atoms with E-state index in [4.69, 9.17) is 9.47 Å². The van der Waals surface area contributed by atoms with E-state index in [1.165, 1.54) is 11.1 Å². The first kappa shape index (κ1) is 18.2. The van der Waals surface area contributed by atoms with Gasteiger partial charge in [-0.1, -0.05) is 36.9 Å². The van der Waals surface area contributed by atoms with Gasteiger partial charge in [-0.15, -0.1) is 0 Å². The van der Waals surface area contributed by atoms with Crippen molar-refractivity contribution >= 4 is 5.70 Å². The van der Waals surface area contributed by atoms with Gasteiger partial charge >= 0.3 is 0 Å². The van der Waals surface area contributed by atoms with Gasteiger partial charge in [-0.3, -0.25) is 4.68 Å². The number of benzene rings is 2. The zero-order chi connectivity index (χ0) is 19.5. The standard InChI is InChI=1S/C23H25N3O2/c1-17-19(8-7-11-23(17)27-3)15-25-12-13-26-22(18(25)2)14-20(24-26)16-28-21-9-5-4-6-10-21/h4-11,14H,2,12-13,15-16H2,1,3H3. The smallest absolute Gasteiger partial charge is 0.132 e. The van der Waals surface area contributed by atoms with Gasteiger partial charge in [0.1, 0.15) is 23.8 Å². The largest absolute Gasteiger partial charge is 0.496 e. The Morgan fingerprint density at radius 1 is 1.07 bits per heavy atom. The van der Waals surface area contributed by atoms with Gasteiger partial charge in [-0.25, -0.2) is 0 Å². The average Bonchev–Trinajstić information content (AvgIpc) is 3.15. The Kier molecular flexibility index (Phi) is 5.06. The van der Waals surface area contributed by atoms with Gasteiger partial charge in [0.2, 0.25) is 0 Å². The Hall–Kier alpha value is -3.21. The maximum absolute atomic E-state index is 5.84. The van der Waals surface area contributed by atoms with Crippen molar-refractivity contribution in [3.63, 3.8) is 0 Å². The molecule has 144 valence electrons. The Labute approximate surface area is 165 Å². The van der Waals surface area contributed by atoms with Crippen LogP contribution in [0.2, 0.25) is 0 Å². The van der Waals surface area contributed by atoms with Crippen LogP contribution in [0.1, 0.15) is 22.5 Å². The van der Waals surface area contributed by atoms with Crippen LogP contribution in [-0.2, 0) is 19.7 Å². The minimum Gasteiger partial charge on any atom is -0.496 e. The maximum atomic E-state index is 5.84. The summed E-state index contributed by atoms with van der Waals surface area (Å²) >= 11 is 0. The van der Waals surface area contributed by atoms with E-state index in [2.05, 4.69) is 35.6 Å². The molecule has 0 saturated heterocycles. The Morgan fingerprint density at radius 3 is 2.68 bits per heavy atom. The summed E-state index contributed by atoms with van der Waals surface area (Å²) in [6.45, 7) is 9.40. The van der Waals surface area contributed by atoms with Gasteiger partial charge < -0.3 is 14.4 Å². The highest BCUT2D eigenvalue weighted by atomic mass is 16.5. The number of methoxy groups -OCH3 is 1. The monoisotopic (exact) mass is 375 g/mol. The summed E-state index contributed by atoms with van der Waals surface area (Å²) in [4.78, 5) is 2.31. The molecule has 0 fully saturated rings. The van der Waals surface area contributed by atoms with Gasteiger partial charge in [0.25, 0.3) is 0 Å².